The van der Waals surface area contributed by atoms with Crippen LogP contribution in [-0.2, 0) is 27.9 Å². The van der Waals surface area contributed by atoms with E-state index in [2.05, 4.69) is 13.8 Å². The predicted molar refractivity (Wildman–Crippen MR) is 236 cm³/mol. The fourth-order valence-electron chi connectivity index (χ4n) is 6.93. The van der Waals surface area contributed by atoms with Gasteiger partial charge in [-0.25, -0.2) is 0 Å². The standard InChI is InChI=1S/C47H94NO7P/c1-6-8-10-12-14-16-18-20-22-24-25-26-28-30-32-34-36-38-40-47(49)55-46(45-54-56(50,51)53-43-41-48(3,4)5)44-52-42-39-37-35-33-31-29-27-23-21-19-17-15-13-11-9-7-2/h39,42,46H,6-38,40-41,43-45H2,1-5H3/b42-39+/t46-/m1/s1. The van der Waals surface area contributed by atoms with Crippen molar-refractivity contribution < 1.29 is 37.3 Å². The molecule has 0 aliphatic carbocycles. The summed E-state index contributed by atoms with van der Waals surface area (Å²) < 4.78 is 34.4. The third-order valence-corrected chi connectivity index (χ3v) is 11.6. The largest absolute Gasteiger partial charge is 0.756 e. The van der Waals surface area contributed by atoms with Crippen LogP contribution in [0.25, 0.3) is 0 Å². The number of hydrogen-bond donors (Lipinski definition) is 0. The molecule has 0 amide bonds. The quantitative estimate of drug-likeness (QED) is 0.0199. The zero-order valence-electron chi connectivity index (χ0n) is 37.9. The SMILES string of the molecule is CCCCCCCCCCCCCCCC/C=C/OC[C@H](COP(=O)([O-])OCC[N+](C)(C)C)OC(=O)CCCCCCCCCCCCCCCCCCCC. The molecule has 0 aliphatic rings. The number of phosphoric acid groups is 1. The molecule has 0 bridgehead atoms. The number of likely N-dealkylation sites (N-methyl/N-ethyl adjacent to an activating group) is 1. The number of hydrogen-bond acceptors (Lipinski definition) is 7. The summed E-state index contributed by atoms with van der Waals surface area (Å²) in [7, 11) is 1.34. The maximum absolute atomic E-state index is 12.7. The Morgan fingerprint density at radius 3 is 1.32 bits per heavy atom. The van der Waals surface area contributed by atoms with Gasteiger partial charge in [-0.05, 0) is 25.3 Å². The Kier molecular flexibility index (Phi) is 40.2. The molecule has 1 unspecified atom stereocenters. The van der Waals surface area contributed by atoms with Crippen molar-refractivity contribution in [3.05, 3.63) is 12.3 Å². The van der Waals surface area contributed by atoms with Gasteiger partial charge in [0.05, 0.1) is 34.0 Å². The Morgan fingerprint density at radius 1 is 0.554 bits per heavy atom. The first-order chi connectivity index (χ1) is 27.1. The van der Waals surface area contributed by atoms with Gasteiger partial charge in [0.1, 0.15) is 19.8 Å². The first-order valence-electron chi connectivity index (χ1n) is 24.0. The zero-order chi connectivity index (χ0) is 41.3. The number of allylic oxidation sites excluding steroid dienone is 1. The van der Waals surface area contributed by atoms with Gasteiger partial charge in [-0.3, -0.25) is 9.36 Å². The van der Waals surface area contributed by atoms with Crippen LogP contribution in [-0.4, -0.2) is 64.1 Å². The van der Waals surface area contributed by atoms with Crippen LogP contribution in [0.2, 0.25) is 0 Å². The molecule has 8 nitrogen and oxygen atoms in total. The molecule has 56 heavy (non-hydrogen) atoms. The number of unbranched alkanes of at least 4 members (excludes halogenated alkanes) is 31. The van der Waals surface area contributed by atoms with E-state index in [0.717, 1.165) is 32.1 Å². The smallest absolute Gasteiger partial charge is 0.306 e. The van der Waals surface area contributed by atoms with E-state index in [9.17, 15) is 14.3 Å². The number of carbonyl (C=O) groups is 1. The monoisotopic (exact) mass is 816 g/mol. The van der Waals surface area contributed by atoms with Gasteiger partial charge in [0, 0.05) is 6.42 Å². The molecule has 0 aromatic rings. The molecular weight excluding hydrogens is 721 g/mol. The molecule has 0 fully saturated rings. The fourth-order valence-corrected chi connectivity index (χ4v) is 7.65. The molecule has 334 valence electrons. The Hall–Kier alpha value is -0.920. The highest BCUT2D eigenvalue weighted by Gasteiger charge is 2.20. The molecule has 0 aromatic heterocycles. The van der Waals surface area contributed by atoms with Crippen molar-refractivity contribution >= 4 is 13.8 Å². The molecule has 0 rings (SSSR count). The molecule has 0 radical (unpaired) electrons. The highest BCUT2D eigenvalue weighted by atomic mass is 31.2. The maximum atomic E-state index is 12.7. The van der Waals surface area contributed by atoms with Gasteiger partial charge in [0.25, 0.3) is 7.82 Å². The van der Waals surface area contributed by atoms with E-state index in [4.69, 9.17) is 18.5 Å². The van der Waals surface area contributed by atoms with Crippen molar-refractivity contribution in [3.63, 3.8) is 0 Å². The maximum Gasteiger partial charge on any atom is 0.306 e. The number of carbonyl (C=O) groups excluding carboxylic acids is 1. The molecule has 2 atom stereocenters. The van der Waals surface area contributed by atoms with E-state index in [0.29, 0.717) is 17.4 Å². The van der Waals surface area contributed by atoms with E-state index >= 15 is 0 Å². The van der Waals surface area contributed by atoms with Crippen molar-refractivity contribution in [1.29, 1.82) is 0 Å². The van der Waals surface area contributed by atoms with Crippen molar-refractivity contribution in [3.8, 4) is 0 Å². The lowest BCUT2D eigenvalue weighted by atomic mass is 10.0. The van der Waals surface area contributed by atoms with Crippen molar-refractivity contribution in [2.75, 3.05) is 47.5 Å². The minimum Gasteiger partial charge on any atom is -0.756 e. The van der Waals surface area contributed by atoms with Crippen LogP contribution in [0.15, 0.2) is 12.3 Å². The first kappa shape index (κ1) is 55.1. The lowest BCUT2D eigenvalue weighted by molar-refractivity contribution is -0.870. The topological polar surface area (TPSA) is 94.1 Å². The van der Waals surface area contributed by atoms with Gasteiger partial charge in [-0.2, -0.15) is 0 Å². The Labute approximate surface area is 348 Å². The predicted octanol–water partition coefficient (Wildman–Crippen LogP) is 13.9. The average molecular weight is 816 g/mol. The summed E-state index contributed by atoms with van der Waals surface area (Å²) in [6.45, 7) is 4.78. The molecule has 0 aliphatic heterocycles. The highest BCUT2D eigenvalue weighted by molar-refractivity contribution is 7.45. The second kappa shape index (κ2) is 40.8. The van der Waals surface area contributed by atoms with Crippen molar-refractivity contribution in [2.45, 2.75) is 238 Å². The molecule has 0 spiro atoms. The average Bonchev–Trinajstić information content (AvgIpc) is 3.15. The molecule has 9 heteroatoms. The van der Waals surface area contributed by atoms with Crippen LogP contribution in [0.1, 0.15) is 232 Å². The van der Waals surface area contributed by atoms with Crippen LogP contribution >= 0.6 is 7.82 Å². The normalized spacial score (nSPS) is 13.7. The van der Waals surface area contributed by atoms with E-state index in [1.165, 1.54) is 180 Å². The molecule has 0 aromatic carbocycles. The number of ether oxygens (including phenoxy) is 2. The number of esters is 1. The van der Waals surface area contributed by atoms with Crippen molar-refractivity contribution in [1.82, 2.24) is 0 Å². The molecule has 0 N–H and O–H groups in total. The summed E-state index contributed by atoms with van der Waals surface area (Å²) in [6, 6.07) is 0. The van der Waals surface area contributed by atoms with Crippen LogP contribution in [0.5, 0.6) is 0 Å². The summed E-state index contributed by atoms with van der Waals surface area (Å²) in [6.07, 6.45) is 46.0. The lowest BCUT2D eigenvalue weighted by Gasteiger charge is -2.28. The van der Waals surface area contributed by atoms with Gasteiger partial charge >= 0.3 is 5.97 Å². The molecule has 0 saturated heterocycles. The minimum absolute atomic E-state index is 0.0204. The van der Waals surface area contributed by atoms with Gasteiger partial charge in [-0.15, -0.1) is 0 Å². The molecular formula is C47H94NO7P. The highest BCUT2D eigenvalue weighted by Crippen LogP contribution is 2.38. The lowest BCUT2D eigenvalue weighted by Crippen LogP contribution is -2.37. The van der Waals surface area contributed by atoms with Gasteiger partial charge in [0.2, 0.25) is 0 Å². The summed E-state index contributed by atoms with van der Waals surface area (Å²) >= 11 is 0. The van der Waals surface area contributed by atoms with E-state index in [1.54, 1.807) is 6.26 Å². The van der Waals surface area contributed by atoms with E-state index < -0.39 is 13.9 Å². The number of rotatable bonds is 45. The molecule has 0 heterocycles. The Balaban J connectivity index is 4.19. The van der Waals surface area contributed by atoms with E-state index in [1.807, 2.05) is 27.2 Å². The van der Waals surface area contributed by atoms with Crippen LogP contribution in [0.4, 0.5) is 0 Å². The summed E-state index contributed by atoms with van der Waals surface area (Å²) in [5.74, 6) is -0.350. The third-order valence-electron chi connectivity index (χ3n) is 10.7. The van der Waals surface area contributed by atoms with Gasteiger partial charge in [0.15, 0.2) is 6.10 Å². The number of phosphoric ester groups is 1. The Morgan fingerprint density at radius 2 is 0.929 bits per heavy atom. The minimum atomic E-state index is -4.54. The summed E-state index contributed by atoms with van der Waals surface area (Å²) in [5, 5.41) is 0. The van der Waals surface area contributed by atoms with Crippen LogP contribution < -0.4 is 4.89 Å². The Bertz CT molecular complexity index is 909. The van der Waals surface area contributed by atoms with Gasteiger partial charge < -0.3 is 27.9 Å². The summed E-state index contributed by atoms with van der Waals surface area (Å²) in [4.78, 5) is 25.1. The number of nitrogens with zero attached hydrogens (tertiary/aromatic N) is 1. The van der Waals surface area contributed by atoms with E-state index in [-0.39, 0.29) is 25.8 Å². The molecule has 0 saturated carbocycles. The van der Waals surface area contributed by atoms with Crippen LogP contribution in [0.3, 0.4) is 0 Å². The van der Waals surface area contributed by atoms with Gasteiger partial charge in [-0.1, -0.05) is 206 Å². The second-order valence-electron chi connectivity index (χ2n) is 17.6. The third kappa shape index (κ3) is 44.2. The zero-order valence-corrected chi connectivity index (χ0v) is 38.7. The van der Waals surface area contributed by atoms with Crippen LogP contribution in [0, 0.1) is 0 Å². The first-order valence-corrected chi connectivity index (χ1v) is 25.4. The van der Waals surface area contributed by atoms with Crippen molar-refractivity contribution in [2.24, 2.45) is 0 Å². The number of quaternary nitrogens is 1. The fraction of sp³-hybridized carbons (Fsp3) is 0.936. The second-order valence-corrected chi connectivity index (χ2v) is 19.0. The summed E-state index contributed by atoms with van der Waals surface area (Å²) in [5.41, 5.74) is 0.